The molecule has 5 heteroatoms. The second kappa shape index (κ2) is 5.35. The van der Waals surface area contributed by atoms with Gasteiger partial charge in [-0.2, -0.15) is 0 Å². The van der Waals surface area contributed by atoms with Crippen LogP contribution in [0.5, 0.6) is 0 Å². The molecule has 15 heavy (non-hydrogen) atoms. The van der Waals surface area contributed by atoms with Gasteiger partial charge in [-0.15, -0.1) is 0 Å². The van der Waals surface area contributed by atoms with E-state index in [1.807, 2.05) is 13.0 Å². The predicted molar refractivity (Wildman–Crippen MR) is 63.6 cm³/mol. The molecule has 1 N–H and O–H groups in total. The van der Waals surface area contributed by atoms with E-state index in [-0.39, 0.29) is 0 Å². The first kappa shape index (κ1) is 13.0. The number of rotatable bonds is 3. The molecule has 0 aliphatic heterocycles. The number of aliphatic hydroxyl groups is 1. The molecule has 0 aliphatic rings. The number of alkyl halides is 3. The van der Waals surface area contributed by atoms with Crippen molar-refractivity contribution < 1.29 is 5.11 Å². The Morgan fingerprint density at radius 2 is 2.07 bits per heavy atom. The van der Waals surface area contributed by atoms with E-state index in [0.29, 0.717) is 6.42 Å². The molecule has 1 aromatic heterocycles. The lowest BCUT2D eigenvalue weighted by Gasteiger charge is -2.19. The lowest BCUT2D eigenvalue weighted by atomic mass is 10.0. The molecule has 1 atom stereocenters. The third kappa shape index (κ3) is 3.80. The van der Waals surface area contributed by atoms with E-state index in [0.717, 1.165) is 17.5 Å². The molecule has 0 unspecified atom stereocenters. The Bertz CT molecular complexity index is 325. The van der Waals surface area contributed by atoms with Gasteiger partial charge in [0.2, 0.25) is 3.79 Å². The molecule has 0 bridgehead atoms. The van der Waals surface area contributed by atoms with Gasteiger partial charge in [-0.25, -0.2) is 0 Å². The van der Waals surface area contributed by atoms with Crippen LogP contribution in [0.15, 0.2) is 18.5 Å². The van der Waals surface area contributed by atoms with E-state index in [1.165, 1.54) is 0 Å². The fourth-order valence-corrected chi connectivity index (χ4v) is 1.53. The lowest BCUT2D eigenvalue weighted by Crippen LogP contribution is -2.27. The zero-order valence-corrected chi connectivity index (χ0v) is 10.5. The topological polar surface area (TPSA) is 33.1 Å². The van der Waals surface area contributed by atoms with E-state index in [9.17, 15) is 5.11 Å². The monoisotopic (exact) mass is 267 g/mol. The number of aliphatic hydroxyl groups excluding tert-OH is 1. The van der Waals surface area contributed by atoms with Crippen LogP contribution in [0.2, 0.25) is 0 Å². The normalized spacial score (nSPS) is 13.9. The van der Waals surface area contributed by atoms with Crippen molar-refractivity contribution in [2.45, 2.75) is 29.7 Å². The molecule has 0 saturated carbocycles. The van der Waals surface area contributed by atoms with Crippen LogP contribution in [0.25, 0.3) is 0 Å². The zero-order valence-electron chi connectivity index (χ0n) is 8.25. The Morgan fingerprint density at radius 1 is 1.40 bits per heavy atom. The number of aromatic nitrogens is 1. The second-order valence-electron chi connectivity index (χ2n) is 3.26. The highest BCUT2D eigenvalue weighted by Gasteiger charge is 2.31. The molecule has 0 fully saturated rings. The molecule has 0 saturated heterocycles. The van der Waals surface area contributed by atoms with Gasteiger partial charge >= 0.3 is 0 Å². The highest BCUT2D eigenvalue weighted by molar-refractivity contribution is 6.68. The Balaban J connectivity index is 2.80. The van der Waals surface area contributed by atoms with Gasteiger partial charge < -0.3 is 5.11 Å². The number of halogens is 3. The van der Waals surface area contributed by atoms with Crippen molar-refractivity contribution in [2.75, 3.05) is 0 Å². The van der Waals surface area contributed by atoms with Gasteiger partial charge in [-0.05, 0) is 23.6 Å². The van der Waals surface area contributed by atoms with E-state index in [1.54, 1.807) is 12.4 Å². The van der Waals surface area contributed by atoms with Crippen LogP contribution < -0.4 is 0 Å². The highest BCUT2D eigenvalue weighted by Crippen LogP contribution is 2.32. The van der Waals surface area contributed by atoms with Gasteiger partial charge in [0, 0.05) is 18.8 Å². The second-order valence-corrected chi connectivity index (χ2v) is 5.63. The molecule has 0 radical (unpaired) electrons. The van der Waals surface area contributed by atoms with Gasteiger partial charge in [-0.3, -0.25) is 4.98 Å². The molecular formula is C10H12Cl3NO. The average molecular weight is 269 g/mol. The minimum atomic E-state index is -1.64. The van der Waals surface area contributed by atoms with E-state index in [4.69, 9.17) is 34.8 Å². The fraction of sp³-hybridized carbons (Fsp3) is 0.500. The quantitative estimate of drug-likeness (QED) is 0.855. The standard InChI is InChI=1S/C10H12Cl3NO/c1-2-7-6-14-4-3-8(7)5-9(15)10(11,12)13/h3-4,6,9,15H,2,5H2,1H3/t9-/m0/s1. The van der Waals surface area contributed by atoms with Crippen LogP contribution in [-0.4, -0.2) is 20.0 Å². The van der Waals surface area contributed by atoms with Crippen LogP contribution in [0.4, 0.5) is 0 Å². The summed E-state index contributed by atoms with van der Waals surface area (Å²) in [6.07, 6.45) is 3.59. The zero-order chi connectivity index (χ0) is 11.5. The number of hydrogen-bond donors (Lipinski definition) is 1. The first-order valence-electron chi connectivity index (χ1n) is 4.61. The molecule has 1 rings (SSSR count). The van der Waals surface area contributed by atoms with E-state index in [2.05, 4.69) is 4.98 Å². The maximum atomic E-state index is 9.64. The minimum absolute atomic E-state index is 0.322. The van der Waals surface area contributed by atoms with Crippen LogP contribution in [-0.2, 0) is 12.8 Å². The average Bonchev–Trinajstić information content (AvgIpc) is 2.17. The van der Waals surface area contributed by atoms with Crippen molar-refractivity contribution in [3.05, 3.63) is 29.6 Å². The first-order valence-corrected chi connectivity index (χ1v) is 5.75. The Labute approximate surface area is 104 Å². The number of nitrogens with zero attached hydrogens (tertiary/aromatic N) is 1. The van der Waals surface area contributed by atoms with Crippen molar-refractivity contribution in [2.24, 2.45) is 0 Å². The van der Waals surface area contributed by atoms with Crippen LogP contribution in [0, 0.1) is 0 Å². The summed E-state index contributed by atoms with van der Waals surface area (Å²) >= 11 is 16.8. The summed E-state index contributed by atoms with van der Waals surface area (Å²) in [6.45, 7) is 2.02. The number of pyridine rings is 1. The van der Waals surface area contributed by atoms with Crippen molar-refractivity contribution in [1.29, 1.82) is 0 Å². The first-order chi connectivity index (χ1) is 6.95. The molecule has 0 aromatic carbocycles. The van der Waals surface area contributed by atoms with Crippen molar-refractivity contribution >= 4 is 34.8 Å². The van der Waals surface area contributed by atoms with Crippen LogP contribution in [0.3, 0.4) is 0 Å². The number of aryl methyl sites for hydroxylation is 1. The molecule has 0 amide bonds. The SMILES string of the molecule is CCc1cnccc1C[C@H](O)C(Cl)(Cl)Cl. The number of hydrogen-bond acceptors (Lipinski definition) is 2. The van der Waals surface area contributed by atoms with Crippen molar-refractivity contribution in [3.8, 4) is 0 Å². The Kier molecular flexibility index (Phi) is 4.65. The largest absolute Gasteiger partial charge is 0.388 e. The molecule has 0 spiro atoms. The summed E-state index contributed by atoms with van der Waals surface area (Å²) < 4.78 is -1.64. The van der Waals surface area contributed by atoms with Crippen LogP contribution >= 0.6 is 34.8 Å². The summed E-state index contributed by atoms with van der Waals surface area (Å²) in [7, 11) is 0. The molecular weight excluding hydrogens is 256 g/mol. The van der Waals surface area contributed by atoms with Gasteiger partial charge in [-0.1, -0.05) is 41.7 Å². The molecule has 0 aliphatic carbocycles. The van der Waals surface area contributed by atoms with Gasteiger partial charge in [0.25, 0.3) is 0 Å². The van der Waals surface area contributed by atoms with Gasteiger partial charge in [0.05, 0.1) is 0 Å². The fourth-order valence-electron chi connectivity index (χ4n) is 1.30. The lowest BCUT2D eigenvalue weighted by molar-refractivity contribution is 0.179. The Morgan fingerprint density at radius 3 is 2.60 bits per heavy atom. The smallest absolute Gasteiger partial charge is 0.216 e. The third-order valence-electron chi connectivity index (χ3n) is 2.18. The van der Waals surface area contributed by atoms with Gasteiger partial charge in [0.1, 0.15) is 6.10 Å². The molecule has 2 nitrogen and oxygen atoms in total. The Hall–Kier alpha value is -0.0200. The molecule has 84 valence electrons. The van der Waals surface area contributed by atoms with Crippen molar-refractivity contribution in [3.63, 3.8) is 0 Å². The maximum Gasteiger partial charge on any atom is 0.216 e. The van der Waals surface area contributed by atoms with Gasteiger partial charge in [0.15, 0.2) is 0 Å². The summed E-state index contributed by atoms with van der Waals surface area (Å²) in [4.78, 5) is 4.01. The van der Waals surface area contributed by atoms with Crippen molar-refractivity contribution in [1.82, 2.24) is 4.98 Å². The maximum absolute atomic E-state index is 9.64. The van der Waals surface area contributed by atoms with E-state index >= 15 is 0 Å². The highest BCUT2D eigenvalue weighted by atomic mass is 35.6. The summed E-state index contributed by atoms with van der Waals surface area (Å²) in [5.41, 5.74) is 2.03. The summed E-state index contributed by atoms with van der Waals surface area (Å²) in [6, 6.07) is 1.83. The predicted octanol–water partition coefficient (Wildman–Crippen LogP) is 2.92. The molecule has 1 aromatic rings. The third-order valence-corrected chi connectivity index (χ3v) is 2.93. The molecule has 1 heterocycles. The summed E-state index contributed by atoms with van der Waals surface area (Å²) in [5.74, 6) is 0. The van der Waals surface area contributed by atoms with Crippen LogP contribution in [0.1, 0.15) is 18.1 Å². The van der Waals surface area contributed by atoms with E-state index < -0.39 is 9.90 Å². The minimum Gasteiger partial charge on any atom is -0.388 e. The summed E-state index contributed by atoms with van der Waals surface area (Å²) in [5, 5.41) is 9.64.